The van der Waals surface area contributed by atoms with E-state index in [9.17, 15) is 0 Å². The molecule has 0 amide bonds. The molecular weight excluding hydrogens is 234 g/mol. The molecule has 0 aliphatic heterocycles. The van der Waals surface area contributed by atoms with Crippen molar-refractivity contribution < 1.29 is 0 Å². The molecule has 74 valence electrons. The van der Waals surface area contributed by atoms with Crippen LogP contribution < -0.4 is 0 Å². The molecule has 1 nitrogen and oxygen atoms in total. The molecule has 0 aliphatic carbocycles. The highest BCUT2D eigenvalue weighted by Crippen LogP contribution is 2.30. The van der Waals surface area contributed by atoms with Gasteiger partial charge in [0.05, 0.1) is 6.07 Å². The van der Waals surface area contributed by atoms with Crippen molar-refractivity contribution in [2.45, 2.75) is 31.1 Å². The van der Waals surface area contributed by atoms with Crippen molar-refractivity contribution in [3.05, 3.63) is 0 Å². The Kier molecular flexibility index (Phi) is 7.14. The molecule has 0 aliphatic rings. The first-order valence-corrected chi connectivity index (χ1v) is 7.91. The number of rotatable bonds is 4. The van der Waals surface area contributed by atoms with Gasteiger partial charge in [-0.1, -0.05) is 30.0 Å². The highest BCUT2D eigenvalue weighted by atomic mass is 32.2. The largest absolute Gasteiger partial charge is 0.197 e. The molecule has 0 heterocycles. The molecule has 0 fully saturated rings. The Morgan fingerprint density at radius 3 is 2.69 bits per heavy atom. The van der Waals surface area contributed by atoms with Crippen LogP contribution in [-0.2, 0) is 0 Å². The van der Waals surface area contributed by atoms with E-state index in [0.29, 0.717) is 0 Å². The topological polar surface area (TPSA) is 23.8 Å². The van der Waals surface area contributed by atoms with Gasteiger partial charge in [0.25, 0.3) is 0 Å². The lowest BCUT2D eigenvalue weighted by molar-refractivity contribution is 0.921. The third kappa shape index (κ3) is 7.56. The van der Waals surface area contributed by atoms with E-state index in [2.05, 4.69) is 6.07 Å². The summed E-state index contributed by atoms with van der Waals surface area (Å²) in [5.41, 5.74) is 0. The van der Waals surface area contributed by atoms with Crippen LogP contribution >= 0.6 is 35.7 Å². The van der Waals surface area contributed by atoms with E-state index in [4.69, 9.17) is 17.5 Å². The van der Waals surface area contributed by atoms with Crippen molar-refractivity contribution in [3.8, 4) is 6.07 Å². The molecule has 0 saturated carbocycles. The third-order valence-electron chi connectivity index (χ3n) is 1.33. The van der Waals surface area contributed by atoms with Crippen LogP contribution in [0.15, 0.2) is 0 Å². The maximum absolute atomic E-state index is 8.78. The van der Waals surface area contributed by atoms with Crippen molar-refractivity contribution in [2.24, 2.45) is 0 Å². The van der Waals surface area contributed by atoms with E-state index in [0.717, 1.165) is 9.28 Å². The molecule has 0 aromatic rings. The zero-order valence-electron chi connectivity index (χ0n) is 8.29. The Morgan fingerprint density at radius 2 is 2.23 bits per heavy atom. The van der Waals surface area contributed by atoms with Crippen LogP contribution in [0.5, 0.6) is 0 Å². The summed E-state index contributed by atoms with van der Waals surface area (Å²) in [5, 5.41) is 8.78. The minimum Gasteiger partial charge on any atom is -0.197 e. The molecule has 0 radical (unpaired) electrons. The SMILES string of the molecule is CC(C)(C#N)SC(=S)SCCC[SiH3]. The molecule has 0 unspecified atom stereocenters. The third-order valence-corrected chi connectivity index (χ3v) is 4.74. The van der Waals surface area contributed by atoms with Crippen LogP contribution in [0.3, 0.4) is 0 Å². The van der Waals surface area contributed by atoms with Crippen molar-refractivity contribution in [2.75, 3.05) is 5.75 Å². The van der Waals surface area contributed by atoms with E-state index in [1.807, 2.05) is 13.8 Å². The number of thiocarbonyl (C=S) groups is 1. The molecule has 0 atom stereocenters. The van der Waals surface area contributed by atoms with Crippen LogP contribution in [-0.4, -0.2) is 24.3 Å². The quantitative estimate of drug-likeness (QED) is 0.433. The fourth-order valence-electron chi connectivity index (χ4n) is 0.560. The summed E-state index contributed by atoms with van der Waals surface area (Å²) in [7, 11) is 1.28. The normalized spacial score (nSPS) is 11.2. The minimum absolute atomic E-state index is 0.370. The highest BCUT2D eigenvalue weighted by Gasteiger charge is 2.19. The maximum atomic E-state index is 8.78. The summed E-state index contributed by atoms with van der Waals surface area (Å²) >= 11 is 8.37. The molecule has 13 heavy (non-hydrogen) atoms. The number of hydrogen-bond acceptors (Lipinski definition) is 4. The highest BCUT2D eigenvalue weighted by molar-refractivity contribution is 8.47. The van der Waals surface area contributed by atoms with Gasteiger partial charge in [-0.15, -0.1) is 11.8 Å². The molecule has 0 aromatic carbocycles. The van der Waals surface area contributed by atoms with E-state index >= 15 is 0 Å². The molecule has 0 spiro atoms. The smallest absolute Gasteiger partial charge is 0.105 e. The molecule has 0 aromatic heterocycles. The number of nitriles is 1. The Morgan fingerprint density at radius 1 is 1.62 bits per heavy atom. The van der Waals surface area contributed by atoms with Crippen molar-refractivity contribution in [3.63, 3.8) is 0 Å². The van der Waals surface area contributed by atoms with Gasteiger partial charge < -0.3 is 0 Å². The second-order valence-electron chi connectivity index (χ2n) is 3.18. The lowest BCUT2D eigenvalue weighted by Crippen LogP contribution is -2.12. The van der Waals surface area contributed by atoms with Crippen LogP contribution in [0.25, 0.3) is 0 Å². The van der Waals surface area contributed by atoms with Gasteiger partial charge in [-0.25, -0.2) is 0 Å². The number of hydrogen-bond donors (Lipinski definition) is 0. The van der Waals surface area contributed by atoms with Gasteiger partial charge in [-0.2, -0.15) is 5.26 Å². The molecule has 0 N–H and O–H groups in total. The zero-order valence-corrected chi connectivity index (χ0v) is 12.7. The summed E-state index contributed by atoms with van der Waals surface area (Å²) in [6, 6.07) is 3.57. The average Bonchev–Trinajstić information content (AvgIpc) is 2.04. The van der Waals surface area contributed by atoms with Gasteiger partial charge in [0.2, 0.25) is 0 Å². The molecular formula is C8H15NS3Si. The van der Waals surface area contributed by atoms with Crippen LogP contribution in [0, 0.1) is 11.3 Å². The maximum Gasteiger partial charge on any atom is 0.105 e. The van der Waals surface area contributed by atoms with Gasteiger partial charge >= 0.3 is 0 Å². The zero-order chi connectivity index (χ0) is 10.3. The first kappa shape index (κ1) is 13.5. The van der Waals surface area contributed by atoms with Gasteiger partial charge in [-0.05, 0) is 26.0 Å². The first-order valence-electron chi connectivity index (χ1n) is 4.29. The van der Waals surface area contributed by atoms with E-state index < -0.39 is 0 Å². The van der Waals surface area contributed by atoms with Crippen molar-refractivity contribution in [1.82, 2.24) is 0 Å². The monoisotopic (exact) mass is 249 g/mol. The summed E-state index contributed by atoms with van der Waals surface area (Å²) < 4.78 is 0.534. The van der Waals surface area contributed by atoms with E-state index in [1.165, 1.54) is 34.5 Å². The number of nitrogens with zero attached hydrogens (tertiary/aromatic N) is 1. The fourth-order valence-corrected chi connectivity index (χ4v) is 4.47. The summed E-state index contributed by atoms with van der Waals surface area (Å²) in [4.78, 5) is 0. The van der Waals surface area contributed by atoms with E-state index in [-0.39, 0.29) is 4.75 Å². The molecule has 5 heteroatoms. The summed E-state index contributed by atoms with van der Waals surface area (Å²) in [6.45, 7) is 3.80. The fraction of sp³-hybridized carbons (Fsp3) is 0.750. The predicted octanol–water partition coefficient (Wildman–Crippen LogP) is 2.21. The molecule has 0 rings (SSSR count). The van der Waals surface area contributed by atoms with Crippen LogP contribution in [0.1, 0.15) is 20.3 Å². The summed E-state index contributed by atoms with van der Waals surface area (Å²) in [6.07, 6.45) is 1.25. The summed E-state index contributed by atoms with van der Waals surface area (Å²) in [5.74, 6) is 1.11. The number of thioether (sulfide) groups is 2. The second kappa shape index (κ2) is 6.88. The Hall–Kier alpha value is 0.497. The van der Waals surface area contributed by atoms with Gasteiger partial charge in [-0.3, -0.25) is 0 Å². The van der Waals surface area contributed by atoms with Crippen LogP contribution in [0.4, 0.5) is 0 Å². The minimum atomic E-state index is -0.370. The van der Waals surface area contributed by atoms with Crippen molar-refractivity contribution in [1.29, 1.82) is 5.26 Å². The van der Waals surface area contributed by atoms with Gasteiger partial charge in [0.15, 0.2) is 0 Å². The molecule has 0 bridgehead atoms. The predicted molar refractivity (Wildman–Crippen MR) is 71.7 cm³/mol. The second-order valence-corrected chi connectivity index (χ2v) is 8.10. The van der Waals surface area contributed by atoms with Gasteiger partial charge in [0.1, 0.15) is 8.28 Å². The standard InChI is InChI=1S/C8H15NS3Si/c1-8(2,6-9)12-7(10)11-4-3-5-13/h3-5H2,1-2,13H3. The van der Waals surface area contributed by atoms with Crippen LogP contribution in [0.2, 0.25) is 6.04 Å². The Bertz CT molecular complexity index is 210. The Labute approximate surface area is 97.5 Å². The lowest BCUT2D eigenvalue weighted by Gasteiger charge is -2.14. The van der Waals surface area contributed by atoms with Gasteiger partial charge in [0, 0.05) is 10.2 Å². The van der Waals surface area contributed by atoms with E-state index in [1.54, 1.807) is 11.8 Å². The average molecular weight is 250 g/mol. The Balaban J connectivity index is 3.70. The molecule has 0 saturated heterocycles. The first-order chi connectivity index (χ1) is 6.02. The lowest BCUT2D eigenvalue weighted by atomic mass is 10.2. The van der Waals surface area contributed by atoms with Crippen molar-refractivity contribution >= 4 is 49.5 Å².